The Morgan fingerprint density at radius 2 is 2.14 bits per heavy atom. The maximum atomic E-state index is 12.6. The number of hydrogen-bond acceptors (Lipinski definition) is 3. The van der Waals surface area contributed by atoms with E-state index in [2.05, 4.69) is 5.32 Å². The summed E-state index contributed by atoms with van der Waals surface area (Å²) in [6.07, 6.45) is 3.82. The maximum absolute atomic E-state index is 12.6. The van der Waals surface area contributed by atoms with Crippen LogP contribution in [0.4, 0.5) is 0 Å². The van der Waals surface area contributed by atoms with E-state index in [4.69, 9.17) is 4.42 Å². The highest BCUT2D eigenvalue weighted by molar-refractivity contribution is 5.97. The molecule has 0 bridgehead atoms. The molecule has 1 aliphatic heterocycles. The minimum absolute atomic E-state index is 0.0294. The fourth-order valence-electron chi connectivity index (χ4n) is 2.88. The summed E-state index contributed by atoms with van der Waals surface area (Å²) >= 11 is 0. The Morgan fingerprint density at radius 3 is 2.71 bits per heavy atom. The summed E-state index contributed by atoms with van der Waals surface area (Å²) in [6, 6.07) is 2.96. The molecule has 21 heavy (non-hydrogen) atoms. The predicted octanol–water partition coefficient (Wildman–Crippen LogP) is 1.97. The minimum Gasteiger partial charge on any atom is -0.469 e. The molecule has 116 valence electrons. The Labute approximate surface area is 125 Å². The zero-order valence-electron chi connectivity index (χ0n) is 13.0. The van der Waals surface area contributed by atoms with Gasteiger partial charge in [-0.3, -0.25) is 9.59 Å². The number of piperazine rings is 1. The van der Waals surface area contributed by atoms with E-state index < -0.39 is 0 Å². The van der Waals surface area contributed by atoms with Gasteiger partial charge in [0.1, 0.15) is 17.8 Å². The van der Waals surface area contributed by atoms with Gasteiger partial charge in [-0.15, -0.1) is 0 Å². The average Bonchev–Trinajstić information content (AvgIpc) is 2.93. The number of nitrogens with zero attached hydrogens (tertiary/aromatic N) is 1. The van der Waals surface area contributed by atoms with Gasteiger partial charge in [0.2, 0.25) is 11.8 Å². The van der Waals surface area contributed by atoms with Gasteiger partial charge in [-0.25, -0.2) is 0 Å². The summed E-state index contributed by atoms with van der Waals surface area (Å²) in [5.41, 5.74) is 0. The molecule has 2 heterocycles. The monoisotopic (exact) mass is 292 g/mol. The molecule has 1 saturated heterocycles. The molecule has 1 aliphatic rings. The van der Waals surface area contributed by atoms with E-state index in [1.807, 2.05) is 32.9 Å². The van der Waals surface area contributed by atoms with Crippen molar-refractivity contribution in [3.63, 3.8) is 0 Å². The van der Waals surface area contributed by atoms with Crippen LogP contribution in [-0.4, -0.2) is 35.3 Å². The number of amides is 2. The number of hydrogen-bond donors (Lipinski definition) is 1. The first-order chi connectivity index (χ1) is 10.0. The van der Waals surface area contributed by atoms with E-state index in [9.17, 15) is 9.59 Å². The van der Waals surface area contributed by atoms with Crippen LogP contribution in [0.25, 0.3) is 0 Å². The lowest BCUT2D eigenvalue weighted by Gasteiger charge is -2.40. The molecular weight excluding hydrogens is 268 g/mol. The van der Waals surface area contributed by atoms with Crippen LogP contribution < -0.4 is 5.32 Å². The standard InChI is InChI=1S/C16H24N2O3/c1-4-6-13-16(20)18(9-8-12-7-5-10-21-12)14(11(2)3)15(19)17-13/h5,7,10-11,13-14H,4,6,8-9H2,1-3H3,(H,17,19). The summed E-state index contributed by atoms with van der Waals surface area (Å²) in [5.74, 6) is 0.917. The van der Waals surface area contributed by atoms with Crippen LogP contribution >= 0.6 is 0 Å². The topological polar surface area (TPSA) is 62.6 Å². The first-order valence-electron chi connectivity index (χ1n) is 7.67. The Balaban J connectivity index is 2.13. The van der Waals surface area contributed by atoms with Crippen molar-refractivity contribution in [3.8, 4) is 0 Å². The molecule has 1 aromatic heterocycles. The molecule has 0 spiro atoms. The van der Waals surface area contributed by atoms with Gasteiger partial charge < -0.3 is 14.6 Å². The average molecular weight is 292 g/mol. The van der Waals surface area contributed by atoms with Gasteiger partial charge >= 0.3 is 0 Å². The molecular formula is C16H24N2O3. The summed E-state index contributed by atoms with van der Waals surface area (Å²) in [6.45, 7) is 6.47. The summed E-state index contributed by atoms with van der Waals surface area (Å²) in [7, 11) is 0. The smallest absolute Gasteiger partial charge is 0.245 e. The number of furan rings is 1. The van der Waals surface area contributed by atoms with E-state index in [0.717, 1.165) is 12.2 Å². The third-order valence-electron chi connectivity index (χ3n) is 3.89. The van der Waals surface area contributed by atoms with Crippen molar-refractivity contribution >= 4 is 11.8 Å². The second-order valence-electron chi connectivity index (χ2n) is 5.90. The maximum Gasteiger partial charge on any atom is 0.245 e. The van der Waals surface area contributed by atoms with Gasteiger partial charge in [0, 0.05) is 13.0 Å². The third-order valence-corrected chi connectivity index (χ3v) is 3.89. The van der Waals surface area contributed by atoms with Gasteiger partial charge in [0.15, 0.2) is 0 Å². The fourth-order valence-corrected chi connectivity index (χ4v) is 2.88. The molecule has 2 amide bonds. The predicted molar refractivity (Wildman–Crippen MR) is 79.6 cm³/mol. The number of nitrogens with one attached hydrogen (secondary N) is 1. The van der Waals surface area contributed by atoms with Crippen LogP contribution in [0.5, 0.6) is 0 Å². The van der Waals surface area contributed by atoms with Crippen molar-refractivity contribution in [3.05, 3.63) is 24.2 Å². The first-order valence-corrected chi connectivity index (χ1v) is 7.67. The molecule has 1 aromatic rings. The second kappa shape index (κ2) is 6.78. The highest BCUT2D eigenvalue weighted by Gasteiger charge is 2.41. The SMILES string of the molecule is CCCC1NC(=O)C(C(C)C)N(CCc2ccco2)C1=O. The fraction of sp³-hybridized carbons (Fsp3) is 0.625. The van der Waals surface area contributed by atoms with Crippen LogP contribution in [-0.2, 0) is 16.0 Å². The van der Waals surface area contributed by atoms with Gasteiger partial charge in [-0.05, 0) is 24.5 Å². The van der Waals surface area contributed by atoms with E-state index in [1.54, 1.807) is 11.2 Å². The summed E-state index contributed by atoms with van der Waals surface area (Å²) in [4.78, 5) is 26.7. The lowest BCUT2D eigenvalue weighted by Crippen LogP contribution is -2.65. The van der Waals surface area contributed by atoms with Gasteiger partial charge in [-0.1, -0.05) is 27.2 Å². The van der Waals surface area contributed by atoms with Crippen LogP contribution in [0, 0.1) is 5.92 Å². The Hall–Kier alpha value is -1.78. The van der Waals surface area contributed by atoms with Crippen molar-refractivity contribution < 1.29 is 14.0 Å². The Morgan fingerprint density at radius 1 is 1.38 bits per heavy atom. The molecule has 0 aromatic carbocycles. The van der Waals surface area contributed by atoms with E-state index >= 15 is 0 Å². The second-order valence-corrected chi connectivity index (χ2v) is 5.90. The molecule has 1 fully saturated rings. The highest BCUT2D eigenvalue weighted by Crippen LogP contribution is 2.20. The van der Waals surface area contributed by atoms with E-state index in [1.165, 1.54) is 0 Å². The van der Waals surface area contributed by atoms with E-state index in [-0.39, 0.29) is 29.8 Å². The van der Waals surface area contributed by atoms with E-state index in [0.29, 0.717) is 19.4 Å². The van der Waals surface area contributed by atoms with Gasteiger partial charge in [0.05, 0.1) is 6.26 Å². The zero-order chi connectivity index (χ0) is 15.4. The number of rotatable bonds is 6. The van der Waals surface area contributed by atoms with Crippen molar-refractivity contribution in [1.29, 1.82) is 0 Å². The van der Waals surface area contributed by atoms with Crippen LogP contribution in [0.1, 0.15) is 39.4 Å². The third kappa shape index (κ3) is 3.46. The van der Waals surface area contributed by atoms with Crippen molar-refractivity contribution in [2.45, 2.75) is 52.1 Å². The lowest BCUT2D eigenvalue weighted by molar-refractivity contribution is -0.151. The largest absolute Gasteiger partial charge is 0.469 e. The van der Waals surface area contributed by atoms with Crippen molar-refractivity contribution in [2.24, 2.45) is 5.92 Å². The van der Waals surface area contributed by atoms with Crippen molar-refractivity contribution in [1.82, 2.24) is 10.2 Å². The zero-order valence-corrected chi connectivity index (χ0v) is 13.0. The molecule has 1 N–H and O–H groups in total. The minimum atomic E-state index is -0.388. The molecule has 0 radical (unpaired) electrons. The number of carbonyl (C=O) groups excluding carboxylic acids is 2. The molecule has 0 saturated carbocycles. The Bertz CT molecular complexity index is 482. The normalized spacial score (nSPS) is 22.8. The van der Waals surface area contributed by atoms with Crippen molar-refractivity contribution in [2.75, 3.05) is 6.54 Å². The molecule has 0 aliphatic carbocycles. The molecule has 2 rings (SSSR count). The highest BCUT2D eigenvalue weighted by atomic mass is 16.3. The first kappa shape index (κ1) is 15.6. The lowest BCUT2D eigenvalue weighted by atomic mass is 9.95. The molecule has 5 nitrogen and oxygen atoms in total. The molecule has 5 heteroatoms. The summed E-state index contributed by atoms with van der Waals surface area (Å²) in [5, 5.41) is 2.87. The Kier molecular flexibility index (Phi) is 5.04. The van der Waals surface area contributed by atoms with Crippen LogP contribution in [0.15, 0.2) is 22.8 Å². The quantitative estimate of drug-likeness (QED) is 0.872. The number of carbonyl (C=O) groups is 2. The summed E-state index contributed by atoms with van der Waals surface area (Å²) < 4.78 is 5.32. The molecule has 2 unspecified atom stereocenters. The van der Waals surface area contributed by atoms with Crippen LogP contribution in [0.2, 0.25) is 0 Å². The molecule has 2 atom stereocenters. The van der Waals surface area contributed by atoms with Gasteiger partial charge in [-0.2, -0.15) is 0 Å². The van der Waals surface area contributed by atoms with Crippen LogP contribution in [0.3, 0.4) is 0 Å². The van der Waals surface area contributed by atoms with Gasteiger partial charge in [0.25, 0.3) is 0 Å².